The monoisotopic (exact) mass is 292 g/mol. The summed E-state index contributed by atoms with van der Waals surface area (Å²) in [6.07, 6.45) is 3.25. The zero-order chi connectivity index (χ0) is 15.5. The first-order valence-corrected chi connectivity index (χ1v) is 7.13. The van der Waals surface area contributed by atoms with Crippen molar-refractivity contribution in [1.29, 1.82) is 0 Å². The molecule has 2 rings (SSSR count). The lowest BCUT2D eigenvalue weighted by molar-refractivity contribution is -0.169. The number of ketones is 1. The Hall–Kier alpha value is -1.88. The number of aliphatic carboxylic acids is 1. The Morgan fingerprint density at radius 1 is 1.33 bits per heavy atom. The van der Waals surface area contributed by atoms with Crippen molar-refractivity contribution in [2.75, 3.05) is 6.61 Å². The maximum absolute atomic E-state index is 11.4. The molecule has 1 fully saturated rings. The third-order valence-electron chi connectivity index (χ3n) is 4.10. The fourth-order valence-electron chi connectivity index (χ4n) is 2.76. The summed E-state index contributed by atoms with van der Waals surface area (Å²) >= 11 is 0. The highest BCUT2D eigenvalue weighted by Gasteiger charge is 2.46. The van der Waals surface area contributed by atoms with Gasteiger partial charge < -0.3 is 14.9 Å². The lowest BCUT2D eigenvalue weighted by Gasteiger charge is -2.29. The molecule has 0 saturated heterocycles. The maximum atomic E-state index is 11.4. The molecule has 0 aromatic heterocycles. The Bertz CT molecular complexity index is 533. The first-order valence-electron chi connectivity index (χ1n) is 7.13. The number of aliphatic hydroxyl groups is 1. The number of benzene rings is 1. The highest BCUT2D eigenvalue weighted by atomic mass is 16.5. The normalized spacial score (nSPS) is 18.2. The van der Waals surface area contributed by atoms with Crippen LogP contribution in [0.4, 0.5) is 0 Å². The lowest BCUT2D eigenvalue weighted by atomic mass is 9.86. The molecule has 0 spiro atoms. The summed E-state index contributed by atoms with van der Waals surface area (Å²) in [5.41, 5.74) is -1.38. The molecule has 0 bridgehead atoms. The van der Waals surface area contributed by atoms with E-state index in [1.807, 2.05) is 0 Å². The quantitative estimate of drug-likeness (QED) is 0.786. The Labute approximate surface area is 123 Å². The molecule has 2 N–H and O–H groups in total. The number of carbonyl (C=O) groups excluding carboxylic acids is 1. The van der Waals surface area contributed by atoms with Gasteiger partial charge in [0.15, 0.2) is 11.4 Å². The van der Waals surface area contributed by atoms with E-state index in [9.17, 15) is 19.8 Å². The molecule has 0 radical (unpaired) electrons. The van der Waals surface area contributed by atoms with Crippen molar-refractivity contribution in [1.82, 2.24) is 0 Å². The maximum Gasteiger partial charge on any atom is 0.339 e. The Balaban J connectivity index is 2.10. The molecule has 5 heteroatoms. The molecule has 1 aromatic rings. The molecule has 1 saturated carbocycles. The van der Waals surface area contributed by atoms with Gasteiger partial charge in [-0.2, -0.15) is 0 Å². The number of carboxylic acids is 1. The third-order valence-corrected chi connectivity index (χ3v) is 4.10. The highest BCUT2D eigenvalue weighted by Crippen LogP contribution is 2.35. The van der Waals surface area contributed by atoms with Crippen molar-refractivity contribution < 1.29 is 24.5 Å². The first-order chi connectivity index (χ1) is 9.93. The SMILES string of the molecule is CC(=O)c1cccc(OCC(O)(C(=O)O)C2CCCC2)c1. The molecule has 1 atom stereocenters. The summed E-state index contributed by atoms with van der Waals surface area (Å²) in [4.78, 5) is 22.7. The zero-order valence-corrected chi connectivity index (χ0v) is 12.0. The van der Waals surface area contributed by atoms with Gasteiger partial charge >= 0.3 is 5.97 Å². The van der Waals surface area contributed by atoms with E-state index in [2.05, 4.69) is 0 Å². The van der Waals surface area contributed by atoms with Gasteiger partial charge in [-0.3, -0.25) is 4.79 Å². The van der Waals surface area contributed by atoms with Crippen LogP contribution in [0.15, 0.2) is 24.3 Å². The molecule has 114 valence electrons. The van der Waals surface area contributed by atoms with E-state index in [1.165, 1.54) is 6.92 Å². The molecule has 0 aliphatic heterocycles. The molecule has 0 amide bonds. The van der Waals surface area contributed by atoms with Gasteiger partial charge in [0, 0.05) is 11.5 Å². The van der Waals surface area contributed by atoms with Gasteiger partial charge in [-0.25, -0.2) is 4.79 Å². The summed E-state index contributed by atoms with van der Waals surface area (Å²) in [6, 6.07) is 6.53. The van der Waals surface area contributed by atoms with Crippen LogP contribution >= 0.6 is 0 Å². The van der Waals surface area contributed by atoms with Crippen LogP contribution in [0.5, 0.6) is 5.75 Å². The fraction of sp³-hybridized carbons (Fsp3) is 0.500. The molecule has 21 heavy (non-hydrogen) atoms. The molecular formula is C16H20O5. The molecule has 1 aromatic carbocycles. The molecule has 5 nitrogen and oxygen atoms in total. The van der Waals surface area contributed by atoms with E-state index in [0.717, 1.165) is 12.8 Å². The predicted octanol–water partition coefficient (Wildman–Crippen LogP) is 2.27. The predicted molar refractivity (Wildman–Crippen MR) is 76.5 cm³/mol. The molecule has 1 aliphatic rings. The second-order valence-electron chi connectivity index (χ2n) is 5.58. The number of ether oxygens (including phenoxy) is 1. The van der Waals surface area contributed by atoms with E-state index >= 15 is 0 Å². The minimum Gasteiger partial charge on any atom is -0.490 e. The van der Waals surface area contributed by atoms with Crippen molar-refractivity contribution in [3.63, 3.8) is 0 Å². The van der Waals surface area contributed by atoms with Gasteiger partial charge in [-0.05, 0) is 31.9 Å². The van der Waals surface area contributed by atoms with Gasteiger partial charge in [-0.15, -0.1) is 0 Å². The minimum absolute atomic E-state index is 0.0928. The first kappa shape index (κ1) is 15.5. The van der Waals surface area contributed by atoms with Gasteiger partial charge in [0.2, 0.25) is 0 Å². The summed E-state index contributed by atoms with van der Waals surface area (Å²) in [5, 5.41) is 19.8. The number of hydrogen-bond acceptors (Lipinski definition) is 4. The number of carbonyl (C=O) groups is 2. The van der Waals surface area contributed by atoms with Crippen LogP contribution < -0.4 is 4.74 Å². The third kappa shape index (κ3) is 3.42. The summed E-state index contributed by atoms with van der Waals surface area (Å²) in [7, 11) is 0. The second kappa shape index (κ2) is 6.26. The summed E-state index contributed by atoms with van der Waals surface area (Å²) in [5.74, 6) is -1.24. The van der Waals surface area contributed by atoms with E-state index in [-0.39, 0.29) is 18.3 Å². The van der Waals surface area contributed by atoms with Gasteiger partial charge in [0.05, 0.1) is 0 Å². The topological polar surface area (TPSA) is 83.8 Å². The van der Waals surface area contributed by atoms with E-state index in [1.54, 1.807) is 24.3 Å². The Kier molecular flexibility index (Phi) is 4.63. The van der Waals surface area contributed by atoms with Crippen LogP contribution in [0.3, 0.4) is 0 Å². The number of rotatable bonds is 6. The molecular weight excluding hydrogens is 272 g/mol. The average molecular weight is 292 g/mol. The van der Waals surface area contributed by atoms with Crippen LogP contribution in [0.25, 0.3) is 0 Å². The van der Waals surface area contributed by atoms with Gasteiger partial charge in [0.1, 0.15) is 12.4 Å². The van der Waals surface area contributed by atoms with Crippen LogP contribution in [-0.4, -0.2) is 34.2 Å². The number of hydrogen-bond donors (Lipinski definition) is 2. The Morgan fingerprint density at radius 3 is 2.57 bits per heavy atom. The fourth-order valence-corrected chi connectivity index (χ4v) is 2.76. The molecule has 0 heterocycles. The zero-order valence-electron chi connectivity index (χ0n) is 12.0. The van der Waals surface area contributed by atoms with Crippen molar-refractivity contribution in [3.05, 3.63) is 29.8 Å². The summed E-state index contributed by atoms with van der Waals surface area (Å²) in [6.45, 7) is 1.14. The van der Waals surface area contributed by atoms with Gasteiger partial charge in [0.25, 0.3) is 0 Å². The van der Waals surface area contributed by atoms with Crippen LogP contribution in [0.1, 0.15) is 43.0 Å². The van der Waals surface area contributed by atoms with Crippen molar-refractivity contribution in [3.8, 4) is 5.75 Å². The van der Waals surface area contributed by atoms with Gasteiger partial charge in [-0.1, -0.05) is 25.0 Å². The van der Waals surface area contributed by atoms with E-state index < -0.39 is 11.6 Å². The Morgan fingerprint density at radius 2 is 2.00 bits per heavy atom. The minimum atomic E-state index is -1.87. The van der Waals surface area contributed by atoms with Crippen molar-refractivity contribution in [2.45, 2.75) is 38.2 Å². The largest absolute Gasteiger partial charge is 0.490 e. The van der Waals surface area contributed by atoms with Crippen LogP contribution in [-0.2, 0) is 4.79 Å². The van der Waals surface area contributed by atoms with Crippen molar-refractivity contribution >= 4 is 11.8 Å². The molecule has 1 aliphatic carbocycles. The number of carboxylic acid groups (broad SMARTS) is 1. The summed E-state index contributed by atoms with van der Waals surface area (Å²) < 4.78 is 5.45. The van der Waals surface area contributed by atoms with E-state index in [4.69, 9.17) is 4.74 Å². The smallest absolute Gasteiger partial charge is 0.339 e. The standard InChI is InChI=1S/C16H20O5/c1-11(17)12-5-4-8-14(9-12)21-10-16(20,15(18)19)13-6-2-3-7-13/h4-5,8-9,13,20H,2-3,6-7,10H2,1H3,(H,18,19). The molecule has 1 unspecified atom stereocenters. The van der Waals surface area contributed by atoms with Crippen LogP contribution in [0.2, 0.25) is 0 Å². The van der Waals surface area contributed by atoms with Crippen LogP contribution in [0, 0.1) is 5.92 Å². The van der Waals surface area contributed by atoms with Crippen molar-refractivity contribution in [2.24, 2.45) is 5.92 Å². The lowest BCUT2D eigenvalue weighted by Crippen LogP contribution is -2.50. The average Bonchev–Trinajstić information content (AvgIpc) is 2.99. The highest BCUT2D eigenvalue weighted by molar-refractivity contribution is 5.94. The van der Waals surface area contributed by atoms with E-state index in [0.29, 0.717) is 24.2 Å². The second-order valence-corrected chi connectivity index (χ2v) is 5.58. The number of Topliss-reactive ketones (excluding diaryl/α,β-unsaturated/α-hetero) is 1.